The lowest BCUT2D eigenvalue weighted by Crippen LogP contribution is -2.31. The first-order valence-electron chi connectivity index (χ1n) is 7.57. The van der Waals surface area contributed by atoms with E-state index in [0.717, 1.165) is 11.3 Å². The van der Waals surface area contributed by atoms with Crippen LogP contribution < -0.4 is 0 Å². The quantitative estimate of drug-likeness (QED) is 0.770. The Balaban J connectivity index is 2.15. The van der Waals surface area contributed by atoms with E-state index < -0.39 is 5.60 Å². The van der Waals surface area contributed by atoms with Gasteiger partial charge < -0.3 is 10.2 Å². The number of aliphatic hydroxyl groups is 1. The molecule has 1 heterocycles. The molecule has 0 unspecified atom stereocenters. The van der Waals surface area contributed by atoms with Crippen molar-refractivity contribution in [2.45, 2.75) is 18.4 Å². The molecule has 2 aromatic carbocycles. The fourth-order valence-electron chi connectivity index (χ4n) is 2.96. The van der Waals surface area contributed by atoms with Crippen molar-refractivity contribution in [3.05, 3.63) is 95.8 Å². The van der Waals surface area contributed by atoms with Crippen LogP contribution in [-0.2, 0) is 5.60 Å². The van der Waals surface area contributed by atoms with Crippen molar-refractivity contribution in [3.8, 4) is 5.75 Å². The van der Waals surface area contributed by atoms with Gasteiger partial charge in [-0.05, 0) is 42.3 Å². The molecule has 0 saturated carbocycles. The summed E-state index contributed by atoms with van der Waals surface area (Å²) < 4.78 is 0. The van der Waals surface area contributed by atoms with Crippen LogP contribution in [0.15, 0.2) is 79.0 Å². The van der Waals surface area contributed by atoms with Crippen LogP contribution >= 0.6 is 0 Å². The van der Waals surface area contributed by atoms with Crippen molar-refractivity contribution in [3.63, 3.8) is 0 Å². The van der Waals surface area contributed by atoms with E-state index >= 15 is 0 Å². The number of aromatic hydroxyl groups is 1. The summed E-state index contributed by atoms with van der Waals surface area (Å²) in [6.07, 6.45) is 1.73. The summed E-state index contributed by atoms with van der Waals surface area (Å²) in [6.45, 7) is 1.76. The molecule has 2 atom stereocenters. The summed E-state index contributed by atoms with van der Waals surface area (Å²) in [5, 5.41) is 21.1. The highest BCUT2D eigenvalue weighted by Gasteiger charge is 2.37. The standard InChI is InChI=1S/C20H19NO2/c1-20(23,16-10-7-11-17(22)14-16)19(15-8-3-2-4-9-15)18-12-5-6-13-21-18/h2-14,19,22-23H,1H3/t19-,20-/m1/s1. The average Bonchev–Trinajstić information content (AvgIpc) is 2.57. The van der Waals surface area contributed by atoms with Gasteiger partial charge in [0.2, 0.25) is 0 Å². The van der Waals surface area contributed by atoms with Gasteiger partial charge in [0.15, 0.2) is 0 Å². The third-order valence-electron chi connectivity index (χ3n) is 4.11. The summed E-state index contributed by atoms with van der Waals surface area (Å²) in [5.74, 6) is -0.206. The Labute approximate surface area is 135 Å². The second kappa shape index (κ2) is 6.23. The number of benzene rings is 2. The number of phenols is 1. The number of aromatic nitrogens is 1. The summed E-state index contributed by atoms with van der Waals surface area (Å²) in [5.41, 5.74) is 1.19. The molecule has 116 valence electrons. The van der Waals surface area contributed by atoms with E-state index in [-0.39, 0.29) is 11.7 Å². The maximum Gasteiger partial charge on any atom is 0.115 e. The van der Waals surface area contributed by atoms with Crippen LogP contribution in [0.4, 0.5) is 0 Å². The highest BCUT2D eigenvalue weighted by molar-refractivity contribution is 5.39. The fourth-order valence-corrected chi connectivity index (χ4v) is 2.96. The number of hydrogen-bond acceptors (Lipinski definition) is 3. The zero-order valence-electron chi connectivity index (χ0n) is 12.9. The number of rotatable bonds is 4. The van der Waals surface area contributed by atoms with Crippen LogP contribution in [0.1, 0.15) is 29.7 Å². The van der Waals surface area contributed by atoms with Gasteiger partial charge in [-0.2, -0.15) is 0 Å². The molecule has 0 spiro atoms. The first-order chi connectivity index (χ1) is 11.1. The van der Waals surface area contributed by atoms with E-state index in [2.05, 4.69) is 4.98 Å². The van der Waals surface area contributed by atoms with Crippen molar-refractivity contribution in [2.75, 3.05) is 0 Å². The molecule has 3 aromatic rings. The third kappa shape index (κ3) is 3.10. The minimum absolute atomic E-state index is 0.135. The van der Waals surface area contributed by atoms with Crippen LogP contribution in [0.5, 0.6) is 5.75 Å². The Morgan fingerprint density at radius 3 is 2.30 bits per heavy atom. The van der Waals surface area contributed by atoms with Crippen LogP contribution in [0.25, 0.3) is 0 Å². The Kier molecular flexibility index (Phi) is 4.13. The lowest BCUT2D eigenvalue weighted by molar-refractivity contribution is 0.0378. The van der Waals surface area contributed by atoms with Gasteiger partial charge in [-0.3, -0.25) is 4.98 Å². The molecule has 3 rings (SSSR count). The molecule has 0 aliphatic carbocycles. The van der Waals surface area contributed by atoms with Gasteiger partial charge >= 0.3 is 0 Å². The predicted molar refractivity (Wildman–Crippen MR) is 90.2 cm³/mol. The Hall–Kier alpha value is -2.65. The number of pyridine rings is 1. The van der Waals surface area contributed by atoms with E-state index in [4.69, 9.17) is 0 Å². The van der Waals surface area contributed by atoms with Gasteiger partial charge in [0, 0.05) is 6.20 Å². The normalized spacial score (nSPS) is 14.9. The molecule has 0 fully saturated rings. The summed E-state index contributed by atoms with van der Waals surface area (Å²) in [4.78, 5) is 4.45. The SMILES string of the molecule is C[C@@](O)(c1cccc(O)c1)[C@H](c1ccccc1)c1ccccn1. The molecule has 0 aliphatic heterocycles. The van der Waals surface area contributed by atoms with Crippen molar-refractivity contribution >= 4 is 0 Å². The first-order valence-corrected chi connectivity index (χ1v) is 7.57. The molecule has 0 amide bonds. The lowest BCUT2D eigenvalue weighted by atomic mass is 9.76. The van der Waals surface area contributed by atoms with Crippen LogP contribution in [0, 0.1) is 0 Å². The van der Waals surface area contributed by atoms with Gasteiger partial charge in [-0.25, -0.2) is 0 Å². The Morgan fingerprint density at radius 2 is 1.65 bits per heavy atom. The highest BCUT2D eigenvalue weighted by atomic mass is 16.3. The molecule has 0 saturated heterocycles. The first kappa shape index (κ1) is 15.3. The zero-order chi connectivity index (χ0) is 16.3. The number of phenolic OH excluding ortho intramolecular Hbond substituents is 1. The van der Waals surface area contributed by atoms with Gasteiger partial charge in [-0.15, -0.1) is 0 Å². The fraction of sp³-hybridized carbons (Fsp3) is 0.150. The van der Waals surface area contributed by atoms with Gasteiger partial charge in [-0.1, -0.05) is 48.5 Å². The van der Waals surface area contributed by atoms with E-state index in [1.807, 2.05) is 54.6 Å². The topological polar surface area (TPSA) is 53.4 Å². The second-order valence-corrected chi connectivity index (χ2v) is 5.80. The van der Waals surface area contributed by atoms with Crippen molar-refractivity contribution in [1.82, 2.24) is 4.98 Å². The lowest BCUT2D eigenvalue weighted by Gasteiger charge is -2.33. The molecule has 2 N–H and O–H groups in total. The monoisotopic (exact) mass is 305 g/mol. The maximum absolute atomic E-state index is 11.3. The highest BCUT2D eigenvalue weighted by Crippen LogP contribution is 2.41. The van der Waals surface area contributed by atoms with Crippen molar-refractivity contribution in [2.24, 2.45) is 0 Å². The van der Waals surface area contributed by atoms with E-state index in [9.17, 15) is 10.2 Å². The smallest absolute Gasteiger partial charge is 0.115 e. The summed E-state index contributed by atoms with van der Waals surface area (Å²) in [6, 6.07) is 22.2. The summed E-state index contributed by atoms with van der Waals surface area (Å²) in [7, 11) is 0. The number of hydrogen-bond donors (Lipinski definition) is 2. The molecule has 0 bridgehead atoms. The molecular formula is C20H19NO2. The molecule has 0 aliphatic rings. The maximum atomic E-state index is 11.3. The predicted octanol–water partition coefficient (Wildman–Crippen LogP) is 3.83. The van der Waals surface area contributed by atoms with E-state index in [0.29, 0.717) is 5.56 Å². The van der Waals surface area contributed by atoms with Gasteiger partial charge in [0.05, 0.1) is 17.2 Å². The summed E-state index contributed by atoms with van der Waals surface area (Å²) >= 11 is 0. The zero-order valence-corrected chi connectivity index (χ0v) is 12.9. The molecule has 3 heteroatoms. The van der Waals surface area contributed by atoms with Crippen LogP contribution in [0.2, 0.25) is 0 Å². The van der Waals surface area contributed by atoms with E-state index in [1.54, 1.807) is 31.3 Å². The molecule has 1 aromatic heterocycles. The largest absolute Gasteiger partial charge is 0.508 e. The van der Waals surface area contributed by atoms with Crippen molar-refractivity contribution < 1.29 is 10.2 Å². The molecule has 23 heavy (non-hydrogen) atoms. The van der Waals surface area contributed by atoms with Crippen LogP contribution in [-0.4, -0.2) is 15.2 Å². The Morgan fingerprint density at radius 1 is 0.913 bits per heavy atom. The number of nitrogens with zero attached hydrogens (tertiary/aromatic N) is 1. The van der Waals surface area contributed by atoms with Crippen LogP contribution in [0.3, 0.4) is 0 Å². The van der Waals surface area contributed by atoms with Gasteiger partial charge in [0.1, 0.15) is 5.75 Å². The van der Waals surface area contributed by atoms with Crippen molar-refractivity contribution in [1.29, 1.82) is 0 Å². The minimum atomic E-state index is -1.21. The Bertz CT molecular complexity index is 730. The third-order valence-corrected chi connectivity index (χ3v) is 4.11. The molecule has 3 nitrogen and oxygen atoms in total. The van der Waals surface area contributed by atoms with E-state index in [1.165, 1.54) is 0 Å². The average molecular weight is 305 g/mol. The molecule has 0 radical (unpaired) electrons. The second-order valence-electron chi connectivity index (χ2n) is 5.80. The van der Waals surface area contributed by atoms with Gasteiger partial charge in [0.25, 0.3) is 0 Å². The molecular weight excluding hydrogens is 286 g/mol. The minimum Gasteiger partial charge on any atom is -0.508 e.